The van der Waals surface area contributed by atoms with Gasteiger partial charge in [-0.05, 0) is 42.7 Å². The quantitative estimate of drug-likeness (QED) is 0.905. The number of carbonyl (C=O) groups excluding carboxylic acids is 1. The number of carbonyl (C=O) groups is 1. The maximum absolute atomic E-state index is 12.8. The van der Waals surface area contributed by atoms with Crippen molar-refractivity contribution in [2.24, 2.45) is 0 Å². The minimum atomic E-state index is -3.53. The van der Waals surface area contributed by atoms with Gasteiger partial charge in [0.25, 0.3) is 0 Å². The second-order valence-corrected chi connectivity index (χ2v) is 7.92. The first-order chi connectivity index (χ1) is 11.2. The van der Waals surface area contributed by atoms with Crippen LogP contribution in [-0.2, 0) is 14.8 Å². The number of aryl methyl sites for hydroxylation is 2. The van der Waals surface area contributed by atoms with E-state index >= 15 is 0 Å². The summed E-state index contributed by atoms with van der Waals surface area (Å²) in [4.78, 5) is 12.8. The molecule has 0 aliphatic carbocycles. The maximum Gasteiger partial charge on any atom is 0.247 e. The Morgan fingerprint density at radius 1 is 1.04 bits per heavy atom. The molecule has 0 bridgehead atoms. The van der Waals surface area contributed by atoms with Crippen LogP contribution in [0.3, 0.4) is 0 Å². The summed E-state index contributed by atoms with van der Waals surface area (Å²) in [7, 11) is -2.12. The molecule has 2 aromatic carbocycles. The highest BCUT2D eigenvalue weighted by molar-refractivity contribution is 7.88. The fourth-order valence-electron chi connectivity index (χ4n) is 2.38. The zero-order valence-electron chi connectivity index (χ0n) is 14.3. The summed E-state index contributed by atoms with van der Waals surface area (Å²) in [6.07, 6.45) is 1.09. The van der Waals surface area contributed by atoms with E-state index in [0.29, 0.717) is 11.3 Å². The molecule has 0 saturated heterocycles. The van der Waals surface area contributed by atoms with Crippen LogP contribution in [0.25, 0.3) is 0 Å². The lowest BCUT2D eigenvalue weighted by molar-refractivity contribution is -0.119. The Bertz CT molecular complexity index is 833. The van der Waals surface area contributed by atoms with E-state index in [4.69, 9.17) is 0 Å². The normalized spacial score (nSPS) is 12.9. The molecule has 2 aromatic rings. The van der Waals surface area contributed by atoms with Crippen molar-refractivity contribution in [2.75, 3.05) is 18.6 Å². The molecule has 0 aliphatic rings. The van der Waals surface area contributed by atoms with Gasteiger partial charge in [0.05, 0.1) is 6.26 Å². The van der Waals surface area contributed by atoms with Gasteiger partial charge >= 0.3 is 0 Å². The molecule has 24 heavy (non-hydrogen) atoms. The number of hydrogen-bond acceptors (Lipinski definition) is 3. The zero-order chi connectivity index (χ0) is 17.9. The largest absolute Gasteiger partial charge is 0.324 e. The minimum absolute atomic E-state index is 0.391. The van der Waals surface area contributed by atoms with Gasteiger partial charge in [-0.2, -0.15) is 4.31 Å². The van der Waals surface area contributed by atoms with Crippen LogP contribution in [0, 0.1) is 13.8 Å². The third kappa shape index (κ3) is 4.21. The number of nitrogens with zero attached hydrogens (tertiary/aromatic N) is 1. The lowest BCUT2D eigenvalue weighted by Crippen LogP contribution is -2.38. The molecule has 1 atom stereocenters. The van der Waals surface area contributed by atoms with Crippen molar-refractivity contribution >= 4 is 21.6 Å². The molecular weight excluding hydrogens is 324 g/mol. The lowest BCUT2D eigenvalue weighted by atomic mass is 10.1. The summed E-state index contributed by atoms with van der Waals surface area (Å²) in [5, 5.41) is 2.82. The number of amides is 1. The van der Waals surface area contributed by atoms with Crippen LogP contribution in [0.5, 0.6) is 0 Å². The van der Waals surface area contributed by atoms with E-state index in [9.17, 15) is 13.2 Å². The molecular formula is C18H22N2O3S. The molecule has 0 spiro atoms. The lowest BCUT2D eigenvalue weighted by Gasteiger charge is -2.25. The van der Waals surface area contributed by atoms with E-state index in [-0.39, 0.29) is 0 Å². The molecule has 0 unspecified atom stereocenters. The van der Waals surface area contributed by atoms with Gasteiger partial charge < -0.3 is 5.32 Å². The van der Waals surface area contributed by atoms with E-state index in [1.54, 1.807) is 24.3 Å². The predicted octanol–water partition coefficient (Wildman–Crippen LogP) is 2.87. The summed E-state index contributed by atoms with van der Waals surface area (Å²) in [5.74, 6) is -0.391. The standard InChI is InChI=1S/C18H22N2O3S/c1-13-10-11-16(12-14(13)2)19-18(21)17(20(3)24(4,22)23)15-8-6-5-7-9-15/h5-12,17H,1-4H3,(H,19,21)/t17-/m0/s1. The van der Waals surface area contributed by atoms with Crippen molar-refractivity contribution in [3.8, 4) is 0 Å². The van der Waals surface area contributed by atoms with Crippen LogP contribution < -0.4 is 5.32 Å². The average molecular weight is 346 g/mol. The number of rotatable bonds is 5. The molecule has 0 radical (unpaired) electrons. The summed E-state index contributed by atoms with van der Waals surface area (Å²) >= 11 is 0. The Hall–Kier alpha value is -2.18. The van der Waals surface area contributed by atoms with Crippen LogP contribution in [0.15, 0.2) is 48.5 Å². The van der Waals surface area contributed by atoms with E-state index < -0.39 is 22.0 Å². The zero-order valence-corrected chi connectivity index (χ0v) is 15.1. The molecule has 1 N–H and O–H groups in total. The van der Waals surface area contributed by atoms with Crippen LogP contribution in [-0.4, -0.2) is 31.9 Å². The van der Waals surface area contributed by atoms with Gasteiger partial charge in [-0.25, -0.2) is 8.42 Å². The highest BCUT2D eigenvalue weighted by Crippen LogP contribution is 2.24. The molecule has 0 heterocycles. The summed E-state index contributed by atoms with van der Waals surface area (Å²) in [5.41, 5.74) is 3.44. The third-order valence-electron chi connectivity index (χ3n) is 4.02. The number of hydrogen-bond donors (Lipinski definition) is 1. The second-order valence-electron chi connectivity index (χ2n) is 5.88. The number of nitrogens with one attached hydrogen (secondary N) is 1. The summed E-state index contributed by atoms with van der Waals surface area (Å²) < 4.78 is 25.0. The smallest absolute Gasteiger partial charge is 0.247 e. The van der Waals surface area contributed by atoms with Crippen molar-refractivity contribution < 1.29 is 13.2 Å². The van der Waals surface area contributed by atoms with Crippen molar-refractivity contribution in [1.29, 1.82) is 0 Å². The molecule has 2 rings (SSSR count). The first-order valence-electron chi connectivity index (χ1n) is 7.56. The molecule has 0 saturated carbocycles. The first-order valence-corrected chi connectivity index (χ1v) is 9.41. The molecule has 6 heteroatoms. The van der Waals surface area contributed by atoms with Crippen LogP contribution in [0.2, 0.25) is 0 Å². The van der Waals surface area contributed by atoms with E-state index in [0.717, 1.165) is 21.7 Å². The Balaban J connectivity index is 2.36. The predicted molar refractivity (Wildman–Crippen MR) is 96.3 cm³/mol. The summed E-state index contributed by atoms with van der Waals surface area (Å²) in [6.45, 7) is 3.95. The minimum Gasteiger partial charge on any atom is -0.324 e. The molecule has 0 aromatic heterocycles. The second kappa shape index (κ2) is 7.15. The van der Waals surface area contributed by atoms with Crippen LogP contribution in [0.4, 0.5) is 5.69 Å². The fraction of sp³-hybridized carbons (Fsp3) is 0.278. The number of anilines is 1. The van der Waals surface area contributed by atoms with Gasteiger partial charge in [0.15, 0.2) is 0 Å². The molecule has 5 nitrogen and oxygen atoms in total. The maximum atomic E-state index is 12.8. The Labute approximate surface area is 143 Å². The highest BCUT2D eigenvalue weighted by atomic mass is 32.2. The van der Waals surface area contributed by atoms with Gasteiger partial charge in [-0.3, -0.25) is 4.79 Å². The van der Waals surface area contributed by atoms with Crippen molar-refractivity contribution in [3.63, 3.8) is 0 Å². The monoisotopic (exact) mass is 346 g/mol. The highest BCUT2D eigenvalue weighted by Gasteiger charge is 2.30. The topological polar surface area (TPSA) is 66.5 Å². The van der Waals surface area contributed by atoms with E-state index in [1.807, 2.05) is 38.1 Å². The van der Waals surface area contributed by atoms with Gasteiger partial charge in [-0.15, -0.1) is 0 Å². The van der Waals surface area contributed by atoms with Gasteiger partial charge in [0.2, 0.25) is 15.9 Å². The molecule has 0 aliphatic heterocycles. The number of likely N-dealkylation sites (N-methyl/N-ethyl adjacent to an activating group) is 1. The summed E-state index contributed by atoms with van der Waals surface area (Å²) in [6, 6.07) is 13.5. The average Bonchev–Trinajstić information content (AvgIpc) is 2.51. The Morgan fingerprint density at radius 2 is 1.67 bits per heavy atom. The third-order valence-corrected chi connectivity index (χ3v) is 5.28. The van der Waals surface area contributed by atoms with Crippen LogP contribution in [0.1, 0.15) is 22.7 Å². The van der Waals surface area contributed by atoms with Crippen molar-refractivity contribution in [1.82, 2.24) is 4.31 Å². The Morgan fingerprint density at radius 3 is 2.21 bits per heavy atom. The SMILES string of the molecule is Cc1ccc(NC(=O)[C@H](c2ccccc2)N(C)S(C)(=O)=O)cc1C. The molecule has 0 fully saturated rings. The van der Waals surface area contributed by atoms with E-state index in [1.165, 1.54) is 7.05 Å². The van der Waals surface area contributed by atoms with Gasteiger partial charge in [0, 0.05) is 12.7 Å². The van der Waals surface area contributed by atoms with Gasteiger partial charge in [-0.1, -0.05) is 36.4 Å². The Kier molecular flexibility index (Phi) is 5.41. The molecule has 128 valence electrons. The first kappa shape index (κ1) is 18.2. The number of sulfonamides is 1. The van der Waals surface area contributed by atoms with Crippen molar-refractivity contribution in [3.05, 3.63) is 65.2 Å². The number of benzene rings is 2. The van der Waals surface area contributed by atoms with Crippen LogP contribution >= 0.6 is 0 Å². The van der Waals surface area contributed by atoms with Crippen molar-refractivity contribution in [2.45, 2.75) is 19.9 Å². The van der Waals surface area contributed by atoms with E-state index in [2.05, 4.69) is 5.32 Å². The fourth-order valence-corrected chi connectivity index (χ4v) is 2.98. The molecule has 1 amide bonds. The van der Waals surface area contributed by atoms with Gasteiger partial charge in [0.1, 0.15) is 6.04 Å².